The van der Waals surface area contributed by atoms with Gasteiger partial charge in [-0.05, 0) is 41.5 Å². The van der Waals surface area contributed by atoms with Crippen LogP contribution >= 0.6 is 0 Å². The minimum Gasteiger partial charge on any atom is -0.326 e. The van der Waals surface area contributed by atoms with E-state index in [-0.39, 0.29) is 0 Å². The molecule has 166 valence electrons. The summed E-state index contributed by atoms with van der Waals surface area (Å²) in [5.41, 5.74) is 10.9. The Bertz CT molecular complexity index is 442. The molecule has 0 aliphatic heterocycles. The van der Waals surface area contributed by atoms with Gasteiger partial charge in [-0.15, -0.1) is 0 Å². The van der Waals surface area contributed by atoms with Gasteiger partial charge in [-0.3, -0.25) is 0 Å². The lowest BCUT2D eigenvalue weighted by Gasteiger charge is -1.97. The number of hydrogen-bond acceptors (Lipinski definition) is 1. The molecule has 0 saturated carbocycles. The Morgan fingerprint density at radius 2 is 0.724 bits per heavy atom. The van der Waals surface area contributed by atoms with E-state index in [0.29, 0.717) is 6.54 Å². The third-order valence-corrected chi connectivity index (χ3v) is 4.46. The Morgan fingerprint density at radius 1 is 0.483 bits per heavy atom. The molecular formula is C28H49N. The largest absolute Gasteiger partial charge is 0.326 e. The van der Waals surface area contributed by atoms with E-state index in [1.807, 2.05) is 0 Å². The second kappa shape index (κ2) is 22.7. The highest BCUT2D eigenvalue weighted by Gasteiger charge is 1.89. The van der Waals surface area contributed by atoms with Crippen molar-refractivity contribution in [1.82, 2.24) is 0 Å². The summed E-state index contributed by atoms with van der Waals surface area (Å²) in [6, 6.07) is 17.2. The monoisotopic (exact) mass is 399 g/mol. The van der Waals surface area contributed by atoms with Gasteiger partial charge in [0.15, 0.2) is 0 Å². The third kappa shape index (κ3) is 18.2. The maximum atomic E-state index is 5.44. The van der Waals surface area contributed by atoms with Crippen LogP contribution in [0.15, 0.2) is 48.5 Å². The van der Waals surface area contributed by atoms with Crippen molar-refractivity contribution in [3.63, 3.8) is 0 Å². The highest BCUT2D eigenvalue weighted by molar-refractivity contribution is 5.22. The Hall–Kier alpha value is -1.60. The molecular weight excluding hydrogens is 350 g/mol. The molecule has 0 radical (unpaired) electrons. The zero-order valence-electron chi connectivity index (χ0n) is 20.6. The summed E-state index contributed by atoms with van der Waals surface area (Å²) in [6.07, 6.45) is 10.2. The molecule has 0 heterocycles. The summed E-state index contributed by atoms with van der Waals surface area (Å²) < 4.78 is 0. The lowest BCUT2D eigenvalue weighted by Crippen LogP contribution is -1.95. The van der Waals surface area contributed by atoms with Crippen LogP contribution in [-0.2, 0) is 25.8 Å². The van der Waals surface area contributed by atoms with Crippen molar-refractivity contribution >= 4 is 0 Å². The van der Waals surface area contributed by atoms with E-state index in [1.54, 1.807) is 0 Å². The zero-order chi connectivity index (χ0) is 22.3. The molecule has 0 unspecified atom stereocenters. The molecule has 2 aromatic rings. The maximum absolute atomic E-state index is 5.44. The van der Waals surface area contributed by atoms with E-state index < -0.39 is 0 Å². The minimum absolute atomic E-state index is 0.643. The van der Waals surface area contributed by atoms with Gasteiger partial charge in [0.05, 0.1) is 0 Å². The van der Waals surface area contributed by atoms with Crippen molar-refractivity contribution in [2.75, 3.05) is 0 Å². The molecule has 0 saturated heterocycles. The van der Waals surface area contributed by atoms with Gasteiger partial charge in [0.1, 0.15) is 0 Å². The van der Waals surface area contributed by atoms with E-state index in [1.165, 1.54) is 54.4 Å². The van der Waals surface area contributed by atoms with Crippen LogP contribution < -0.4 is 5.73 Å². The fraction of sp³-hybridized carbons (Fsp3) is 0.571. The van der Waals surface area contributed by atoms with Gasteiger partial charge < -0.3 is 5.73 Å². The second-order valence-electron chi connectivity index (χ2n) is 7.31. The normalized spacial score (nSPS) is 9.24. The molecule has 1 nitrogen and oxygen atoms in total. The first-order valence-electron chi connectivity index (χ1n) is 11.9. The van der Waals surface area contributed by atoms with Crippen molar-refractivity contribution in [3.8, 4) is 0 Å². The van der Waals surface area contributed by atoms with Crippen LogP contribution in [0.2, 0.25) is 0 Å². The molecule has 2 N–H and O–H groups in total. The summed E-state index contributed by atoms with van der Waals surface area (Å²) in [5, 5.41) is 0. The van der Waals surface area contributed by atoms with Gasteiger partial charge in [0, 0.05) is 6.54 Å². The van der Waals surface area contributed by atoms with E-state index in [2.05, 4.69) is 97.0 Å². The van der Waals surface area contributed by atoms with Crippen LogP contribution in [0.25, 0.3) is 0 Å². The number of unbranched alkanes of at least 4 members (excludes halogenated alkanes) is 3. The molecule has 0 atom stereocenters. The quantitative estimate of drug-likeness (QED) is 0.464. The number of rotatable bonds is 7. The first-order valence-corrected chi connectivity index (χ1v) is 11.9. The van der Waals surface area contributed by atoms with Gasteiger partial charge in [-0.25, -0.2) is 0 Å². The highest BCUT2D eigenvalue weighted by Crippen LogP contribution is 2.05. The summed E-state index contributed by atoms with van der Waals surface area (Å²) in [5.74, 6) is 0. The second-order valence-corrected chi connectivity index (χ2v) is 7.31. The van der Waals surface area contributed by atoms with Crippen LogP contribution in [0.4, 0.5) is 0 Å². The van der Waals surface area contributed by atoms with Crippen LogP contribution in [0, 0.1) is 0 Å². The van der Waals surface area contributed by atoms with Crippen LogP contribution in [0.1, 0.15) is 103 Å². The average molecular weight is 400 g/mol. The third-order valence-electron chi connectivity index (χ3n) is 4.46. The molecule has 0 aliphatic rings. The first kappa shape index (κ1) is 29.6. The molecule has 2 rings (SSSR count). The molecule has 0 amide bonds. The molecule has 1 heteroatoms. The predicted molar refractivity (Wildman–Crippen MR) is 135 cm³/mol. The average Bonchev–Trinajstić information content (AvgIpc) is 2.79. The lowest BCUT2D eigenvalue weighted by molar-refractivity contribution is 0.702. The van der Waals surface area contributed by atoms with Crippen LogP contribution in [-0.4, -0.2) is 0 Å². The number of hydrogen-bond donors (Lipinski definition) is 1. The van der Waals surface area contributed by atoms with Gasteiger partial charge in [-0.2, -0.15) is 0 Å². The van der Waals surface area contributed by atoms with Gasteiger partial charge in [-0.1, -0.05) is 129 Å². The van der Waals surface area contributed by atoms with Crippen LogP contribution in [0.3, 0.4) is 0 Å². The van der Waals surface area contributed by atoms with Gasteiger partial charge >= 0.3 is 0 Å². The number of nitrogens with two attached hydrogens (primary N) is 1. The molecule has 0 bridgehead atoms. The topological polar surface area (TPSA) is 26.0 Å². The molecule has 0 aliphatic carbocycles. The number of aryl methyl sites for hydroxylation is 3. The summed E-state index contributed by atoms with van der Waals surface area (Å²) >= 11 is 0. The summed E-state index contributed by atoms with van der Waals surface area (Å²) in [6.45, 7) is 15.9. The fourth-order valence-electron chi connectivity index (χ4n) is 2.42. The lowest BCUT2D eigenvalue weighted by atomic mass is 10.1. The zero-order valence-corrected chi connectivity index (χ0v) is 20.6. The SMILES string of the molecule is CCC.CCCCCC.CCc1ccc(CC)cc1.CCc1ccc(CN)cc1. The fourth-order valence-corrected chi connectivity index (χ4v) is 2.42. The molecule has 29 heavy (non-hydrogen) atoms. The molecule has 0 aromatic heterocycles. The van der Waals surface area contributed by atoms with E-state index >= 15 is 0 Å². The molecule has 0 fully saturated rings. The Morgan fingerprint density at radius 3 is 0.897 bits per heavy atom. The maximum Gasteiger partial charge on any atom is 0.0178 e. The first-order chi connectivity index (χ1) is 14.1. The molecule has 2 aromatic carbocycles. The summed E-state index contributed by atoms with van der Waals surface area (Å²) in [4.78, 5) is 0. The van der Waals surface area contributed by atoms with Crippen molar-refractivity contribution in [2.45, 2.75) is 106 Å². The van der Waals surface area contributed by atoms with Gasteiger partial charge in [0.2, 0.25) is 0 Å². The van der Waals surface area contributed by atoms with Crippen LogP contribution in [0.5, 0.6) is 0 Å². The predicted octanol–water partition coefficient (Wildman–Crippen LogP) is 8.52. The Balaban J connectivity index is 0. The minimum atomic E-state index is 0.643. The van der Waals surface area contributed by atoms with E-state index in [9.17, 15) is 0 Å². The Labute approximate surface area is 183 Å². The smallest absolute Gasteiger partial charge is 0.0178 e. The van der Waals surface area contributed by atoms with Crippen molar-refractivity contribution < 1.29 is 0 Å². The van der Waals surface area contributed by atoms with Crippen molar-refractivity contribution in [2.24, 2.45) is 5.73 Å². The highest BCUT2D eigenvalue weighted by atomic mass is 14.5. The van der Waals surface area contributed by atoms with Gasteiger partial charge in [0.25, 0.3) is 0 Å². The molecule has 0 spiro atoms. The van der Waals surface area contributed by atoms with E-state index in [4.69, 9.17) is 5.73 Å². The summed E-state index contributed by atoms with van der Waals surface area (Å²) in [7, 11) is 0. The standard InChI is InChI=1S/C10H14.C9H13N.C6H14.C3H8/c1-3-9-5-7-10(4-2)8-6-9;1-2-8-3-5-9(7-10)6-4-8;1-3-5-6-4-2;1-3-2/h5-8H,3-4H2,1-2H3;3-6H,2,7,10H2,1H3;3-6H2,1-2H3;3H2,1-2H3. The van der Waals surface area contributed by atoms with E-state index in [0.717, 1.165) is 19.3 Å². The van der Waals surface area contributed by atoms with Crippen molar-refractivity contribution in [3.05, 3.63) is 70.8 Å². The number of benzene rings is 2. The van der Waals surface area contributed by atoms with Crippen molar-refractivity contribution in [1.29, 1.82) is 0 Å². The Kier molecular flexibility index (Phi) is 23.2.